The Morgan fingerprint density at radius 1 is 0.936 bits per heavy atom. The lowest BCUT2D eigenvalue weighted by Gasteiger charge is -2.46. The van der Waals surface area contributed by atoms with Gasteiger partial charge in [-0.1, -0.05) is 0 Å². The SMILES string of the molecule is COc1c(N2CCN(C[C@H]3O[C@H](OC)[C@H](OC(C)=O)[C@@H](OC(C)=O)[C@@H]3OC(C)=O)CC2)c(F)cc2c(=O)c(C(=O)O)cn(C3CC3)c12. The van der Waals surface area contributed by atoms with E-state index >= 15 is 4.39 Å². The summed E-state index contributed by atoms with van der Waals surface area (Å²) in [5.41, 5.74) is -0.727. The van der Waals surface area contributed by atoms with Gasteiger partial charge in [-0.15, -0.1) is 0 Å². The monoisotopic (exact) mass is 663 g/mol. The number of carbonyl (C=O) groups excluding carboxylic acids is 3. The van der Waals surface area contributed by atoms with Gasteiger partial charge in [-0.2, -0.15) is 0 Å². The van der Waals surface area contributed by atoms with E-state index in [2.05, 4.69) is 0 Å². The maximum absolute atomic E-state index is 15.8. The number of carbonyl (C=O) groups is 4. The molecule has 256 valence electrons. The molecule has 15 nitrogen and oxygen atoms in total. The predicted molar refractivity (Wildman–Crippen MR) is 161 cm³/mol. The average Bonchev–Trinajstić information content (AvgIpc) is 3.85. The molecule has 47 heavy (non-hydrogen) atoms. The number of anilines is 1. The molecule has 5 rings (SSSR count). The van der Waals surface area contributed by atoms with Crippen LogP contribution in [0, 0.1) is 5.82 Å². The highest BCUT2D eigenvalue weighted by Gasteiger charge is 2.52. The van der Waals surface area contributed by atoms with E-state index < -0.39 is 71.4 Å². The van der Waals surface area contributed by atoms with Crippen LogP contribution in [0.3, 0.4) is 0 Å². The van der Waals surface area contributed by atoms with Crippen LogP contribution in [0.5, 0.6) is 5.75 Å². The molecule has 16 heteroatoms. The van der Waals surface area contributed by atoms with Crippen molar-refractivity contribution < 1.29 is 57.1 Å². The number of aromatic nitrogens is 1. The van der Waals surface area contributed by atoms with Crippen LogP contribution in [0.15, 0.2) is 17.1 Å². The number of carboxylic acids is 1. The Morgan fingerprint density at radius 2 is 1.53 bits per heavy atom. The van der Waals surface area contributed by atoms with E-state index in [-0.39, 0.29) is 29.4 Å². The highest BCUT2D eigenvalue weighted by Crippen LogP contribution is 2.44. The van der Waals surface area contributed by atoms with Gasteiger partial charge in [0.2, 0.25) is 5.43 Å². The third-order valence-corrected chi connectivity index (χ3v) is 8.43. The topological polar surface area (TPSA) is 172 Å². The lowest BCUT2D eigenvalue weighted by atomic mass is 9.97. The van der Waals surface area contributed by atoms with Gasteiger partial charge in [0.25, 0.3) is 0 Å². The van der Waals surface area contributed by atoms with Gasteiger partial charge >= 0.3 is 23.9 Å². The minimum absolute atomic E-state index is 0.0342. The Labute approximate surface area is 269 Å². The first-order valence-electron chi connectivity index (χ1n) is 15.2. The third kappa shape index (κ3) is 7.04. The van der Waals surface area contributed by atoms with E-state index in [0.29, 0.717) is 31.7 Å². The molecule has 1 aromatic heterocycles. The van der Waals surface area contributed by atoms with Crippen LogP contribution in [0.25, 0.3) is 10.9 Å². The summed E-state index contributed by atoms with van der Waals surface area (Å²) in [7, 11) is 2.72. The first-order valence-corrected chi connectivity index (χ1v) is 15.2. The number of benzene rings is 1. The van der Waals surface area contributed by atoms with Crippen LogP contribution in [0.4, 0.5) is 10.1 Å². The van der Waals surface area contributed by atoms with Crippen molar-refractivity contribution in [1.29, 1.82) is 0 Å². The Balaban J connectivity index is 1.40. The third-order valence-electron chi connectivity index (χ3n) is 8.43. The van der Waals surface area contributed by atoms with Crippen LogP contribution >= 0.6 is 0 Å². The largest absolute Gasteiger partial charge is 0.492 e. The van der Waals surface area contributed by atoms with E-state index in [1.165, 1.54) is 41.2 Å². The van der Waals surface area contributed by atoms with E-state index in [4.69, 9.17) is 28.4 Å². The van der Waals surface area contributed by atoms with Gasteiger partial charge in [0.05, 0.1) is 18.0 Å². The van der Waals surface area contributed by atoms with Gasteiger partial charge in [0.15, 0.2) is 36.2 Å². The molecule has 5 atom stereocenters. The summed E-state index contributed by atoms with van der Waals surface area (Å²) in [4.78, 5) is 64.6. The second-order valence-electron chi connectivity index (χ2n) is 11.7. The number of ether oxygens (including phenoxy) is 6. The van der Waals surface area contributed by atoms with E-state index in [9.17, 15) is 29.1 Å². The van der Waals surface area contributed by atoms with Crippen LogP contribution in [0.1, 0.15) is 50.0 Å². The molecule has 0 spiro atoms. The molecule has 3 aliphatic rings. The van der Waals surface area contributed by atoms with Gasteiger partial charge < -0.3 is 43.0 Å². The highest BCUT2D eigenvalue weighted by atomic mass is 19.1. The summed E-state index contributed by atoms with van der Waals surface area (Å²) >= 11 is 0. The van der Waals surface area contributed by atoms with Crippen LogP contribution in [0.2, 0.25) is 0 Å². The van der Waals surface area contributed by atoms with Gasteiger partial charge in [-0.3, -0.25) is 24.1 Å². The molecule has 2 aliphatic heterocycles. The van der Waals surface area contributed by atoms with Crippen LogP contribution in [-0.2, 0) is 38.1 Å². The number of esters is 3. The summed E-state index contributed by atoms with van der Waals surface area (Å²) in [6.45, 7) is 5.16. The first kappa shape index (κ1) is 34.1. The molecule has 1 aromatic carbocycles. The van der Waals surface area contributed by atoms with Crippen molar-refractivity contribution >= 4 is 40.5 Å². The number of aromatic carboxylic acids is 1. The lowest BCUT2D eigenvalue weighted by Crippen LogP contribution is -2.64. The van der Waals surface area contributed by atoms with Crippen molar-refractivity contribution in [2.24, 2.45) is 0 Å². The molecule has 0 amide bonds. The number of hydrogen-bond acceptors (Lipinski definition) is 13. The summed E-state index contributed by atoms with van der Waals surface area (Å²) in [5, 5.41) is 9.54. The number of halogens is 1. The number of methoxy groups -OCH3 is 2. The molecule has 1 aliphatic carbocycles. The number of carboxylic acid groups (broad SMARTS) is 1. The zero-order chi connectivity index (χ0) is 34.2. The van der Waals surface area contributed by atoms with Crippen molar-refractivity contribution in [3.8, 4) is 5.75 Å². The molecule has 1 N–H and O–H groups in total. The Bertz CT molecular complexity index is 1620. The van der Waals surface area contributed by atoms with E-state index in [1.807, 2.05) is 4.90 Å². The smallest absolute Gasteiger partial charge is 0.341 e. The van der Waals surface area contributed by atoms with E-state index in [0.717, 1.165) is 18.9 Å². The number of nitrogens with zero attached hydrogens (tertiary/aromatic N) is 3. The standard InChI is InChI=1S/C31H38FN3O12/c1-15(36)44-26-22(47-31(43-5)29(46-17(3)38)28(26)45-16(2)37)14-33-8-10-34(11-9-33)24-21(32)12-19-23(27(24)42-4)35(18-6-7-18)13-20(25(19)39)30(40)41/h12-13,18,22,26,28-29,31H,6-11,14H2,1-5H3,(H,40,41)/t22-,26-,28+,29-,31+/m1/s1. The Kier molecular flexibility index (Phi) is 10.0. The van der Waals surface area contributed by atoms with Crippen LogP contribution < -0.4 is 15.1 Å². The summed E-state index contributed by atoms with van der Waals surface area (Å²) in [6, 6.07) is 1.04. The summed E-state index contributed by atoms with van der Waals surface area (Å²) in [6.07, 6.45) is -2.69. The maximum Gasteiger partial charge on any atom is 0.341 e. The molecule has 3 heterocycles. The minimum atomic E-state index is -1.39. The molecular formula is C31H38FN3O12. The van der Waals surface area contributed by atoms with Gasteiger partial charge in [-0.25, -0.2) is 9.18 Å². The van der Waals surface area contributed by atoms with Gasteiger partial charge in [0, 0.05) is 72.8 Å². The van der Waals surface area contributed by atoms with Crippen molar-refractivity contribution in [2.75, 3.05) is 51.8 Å². The molecule has 1 saturated carbocycles. The number of hydrogen-bond donors (Lipinski definition) is 1. The molecule has 0 unspecified atom stereocenters. The van der Waals surface area contributed by atoms with Gasteiger partial charge in [0.1, 0.15) is 17.4 Å². The molecule has 2 saturated heterocycles. The van der Waals surface area contributed by atoms with Gasteiger partial charge in [-0.05, 0) is 18.9 Å². The van der Waals surface area contributed by atoms with Crippen molar-refractivity contribution in [3.05, 3.63) is 33.9 Å². The molecule has 2 aromatic rings. The fraction of sp³-hybridized carbons (Fsp3) is 0.581. The summed E-state index contributed by atoms with van der Waals surface area (Å²) in [5.74, 6) is -4.00. The number of rotatable bonds is 10. The predicted octanol–water partition coefficient (Wildman–Crippen LogP) is 1.47. The molecule has 0 bridgehead atoms. The lowest BCUT2D eigenvalue weighted by molar-refractivity contribution is -0.299. The Hall–Kier alpha value is -4.28. The fourth-order valence-electron chi connectivity index (χ4n) is 6.32. The van der Waals surface area contributed by atoms with Crippen LogP contribution in [-0.4, -0.2) is 116 Å². The van der Waals surface area contributed by atoms with Crippen molar-refractivity contribution in [3.63, 3.8) is 0 Å². The zero-order valence-corrected chi connectivity index (χ0v) is 26.7. The second-order valence-corrected chi connectivity index (χ2v) is 11.7. The van der Waals surface area contributed by atoms with E-state index in [1.54, 1.807) is 9.47 Å². The molecule has 0 radical (unpaired) electrons. The van der Waals surface area contributed by atoms with Crippen molar-refractivity contribution in [1.82, 2.24) is 9.47 Å². The minimum Gasteiger partial charge on any atom is -0.492 e. The fourth-order valence-corrected chi connectivity index (χ4v) is 6.32. The highest BCUT2D eigenvalue weighted by molar-refractivity contribution is 5.97. The second kappa shape index (κ2) is 13.8. The van der Waals surface area contributed by atoms with Crippen molar-refractivity contribution in [2.45, 2.75) is 70.4 Å². The zero-order valence-electron chi connectivity index (χ0n) is 26.7. The average molecular weight is 664 g/mol. The number of fused-ring (bicyclic) bond motifs is 1. The molecule has 3 fully saturated rings. The Morgan fingerprint density at radius 3 is 2.06 bits per heavy atom. The number of pyridine rings is 1. The quantitative estimate of drug-likeness (QED) is 0.286. The maximum atomic E-state index is 15.8. The molecular weight excluding hydrogens is 625 g/mol. The normalized spacial score (nSPS) is 24.9. The first-order chi connectivity index (χ1) is 22.3. The number of piperazine rings is 1. The summed E-state index contributed by atoms with van der Waals surface area (Å²) < 4.78 is 51.1.